The van der Waals surface area contributed by atoms with E-state index in [9.17, 15) is 22.8 Å². The van der Waals surface area contributed by atoms with Gasteiger partial charge in [-0.15, -0.1) is 0 Å². The van der Waals surface area contributed by atoms with E-state index in [1.807, 2.05) is 0 Å². The maximum absolute atomic E-state index is 12.9. The van der Waals surface area contributed by atoms with Crippen LogP contribution in [0.1, 0.15) is 25.3 Å². The van der Waals surface area contributed by atoms with Gasteiger partial charge in [-0.3, -0.25) is 9.59 Å². The summed E-state index contributed by atoms with van der Waals surface area (Å²) in [5.41, 5.74) is -0.821. The molecule has 1 fully saturated rings. The van der Waals surface area contributed by atoms with Crippen LogP contribution in [-0.4, -0.2) is 36.9 Å². The number of halogens is 4. The molecule has 0 unspecified atom stereocenters. The van der Waals surface area contributed by atoms with Crippen molar-refractivity contribution in [1.29, 1.82) is 0 Å². The van der Waals surface area contributed by atoms with Gasteiger partial charge in [0.25, 0.3) is 0 Å². The molecule has 132 valence electrons. The van der Waals surface area contributed by atoms with Crippen molar-refractivity contribution in [2.75, 3.05) is 25.0 Å². The second-order valence-corrected chi connectivity index (χ2v) is 6.25. The van der Waals surface area contributed by atoms with Crippen molar-refractivity contribution in [1.82, 2.24) is 4.90 Å². The molecule has 0 radical (unpaired) electrons. The van der Waals surface area contributed by atoms with Crippen LogP contribution in [0.25, 0.3) is 0 Å². The van der Waals surface area contributed by atoms with Crippen LogP contribution in [0.2, 0.25) is 5.02 Å². The summed E-state index contributed by atoms with van der Waals surface area (Å²) in [6.07, 6.45) is -3.53. The largest absolute Gasteiger partial charge is 0.416 e. The summed E-state index contributed by atoms with van der Waals surface area (Å²) in [4.78, 5) is 26.7. The van der Waals surface area contributed by atoms with Gasteiger partial charge in [0.15, 0.2) is 0 Å². The van der Waals surface area contributed by atoms with Gasteiger partial charge in [-0.25, -0.2) is 0 Å². The van der Waals surface area contributed by atoms with E-state index in [4.69, 9.17) is 11.6 Å². The van der Waals surface area contributed by atoms with Gasteiger partial charge >= 0.3 is 6.18 Å². The molecule has 1 saturated heterocycles. The lowest BCUT2D eigenvalue weighted by Gasteiger charge is -2.33. The Morgan fingerprint density at radius 1 is 1.25 bits per heavy atom. The number of carbonyl (C=O) groups is 2. The molecular weight excluding hydrogens is 345 g/mol. The second-order valence-electron chi connectivity index (χ2n) is 5.84. The molecule has 2 rings (SSSR count). The fraction of sp³-hybridized carbons (Fsp3) is 0.500. The van der Waals surface area contributed by atoms with Gasteiger partial charge < -0.3 is 9.80 Å². The summed E-state index contributed by atoms with van der Waals surface area (Å²) in [5.74, 6) is -0.675. The van der Waals surface area contributed by atoms with Crippen molar-refractivity contribution in [2.24, 2.45) is 5.92 Å². The number of alkyl halides is 3. The van der Waals surface area contributed by atoms with Crippen LogP contribution in [0.3, 0.4) is 0 Å². The summed E-state index contributed by atoms with van der Waals surface area (Å²) in [6, 6.07) is 2.91. The van der Waals surface area contributed by atoms with Gasteiger partial charge in [0.2, 0.25) is 11.8 Å². The monoisotopic (exact) mass is 362 g/mol. The lowest BCUT2D eigenvalue weighted by molar-refractivity contribution is -0.137. The molecule has 1 aliphatic rings. The number of benzene rings is 1. The molecule has 0 N–H and O–H groups in total. The Morgan fingerprint density at radius 2 is 1.83 bits per heavy atom. The molecule has 1 aromatic carbocycles. The van der Waals surface area contributed by atoms with E-state index in [0.29, 0.717) is 25.9 Å². The summed E-state index contributed by atoms with van der Waals surface area (Å²) in [5, 5.41) is 0.0834. The molecule has 1 heterocycles. The van der Waals surface area contributed by atoms with Crippen molar-refractivity contribution < 1.29 is 22.8 Å². The lowest BCUT2D eigenvalue weighted by atomic mass is 9.95. The molecule has 0 atom stereocenters. The van der Waals surface area contributed by atoms with E-state index in [1.165, 1.54) is 18.9 Å². The zero-order chi connectivity index (χ0) is 18.1. The number of amides is 2. The lowest BCUT2D eigenvalue weighted by Crippen LogP contribution is -2.43. The summed E-state index contributed by atoms with van der Waals surface area (Å²) in [7, 11) is 1.42. The Hall–Kier alpha value is -1.76. The second kappa shape index (κ2) is 7.01. The third kappa shape index (κ3) is 4.01. The van der Waals surface area contributed by atoms with Gasteiger partial charge in [0.1, 0.15) is 0 Å². The van der Waals surface area contributed by atoms with Gasteiger partial charge in [-0.2, -0.15) is 13.2 Å². The summed E-state index contributed by atoms with van der Waals surface area (Å²) in [6.45, 7) is 2.41. The smallest absolute Gasteiger partial charge is 0.343 e. The molecule has 0 saturated carbocycles. The molecule has 0 aromatic heterocycles. The topological polar surface area (TPSA) is 40.6 Å². The predicted octanol–water partition coefficient (Wildman–Crippen LogP) is 3.58. The Bertz CT molecular complexity index is 641. The molecular formula is C16H18ClF3N2O2. The normalized spacial score (nSPS) is 16.2. The van der Waals surface area contributed by atoms with Crippen molar-refractivity contribution in [3.8, 4) is 0 Å². The highest BCUT2D eigenvalue weighted by Gasteiger charge is 2.33. The zero-order valence-corrected chi connectivity index (χ0v) is 14.1. The predicted molar refractivity (Wildman–Crippen MR) is 84.8 cm³/mol. The highest BCUT2D eigenvalue weighted by Crippen LogP contribution is 2.36. The molecule has 0 spiro atoms. The average molecular weight is 363 g/mol. The number of hydrogen-bond acceptors (Lipinski definition) is 2. The molecule has 4 nitrogen and oxygen atoms in total. The number of piperidine rings is 1. The van der Waals surface area contributed by atoms with Crippen LogP contribution in [-0.2, 0) is 15.8 Å². The minimum atomic E-state index is -4.50. The van der Waals surface area contributed by atoms with E-state index in [0.717, 1.165) is 18.2 Å². The van der Waals surface area contributed by atoms with Gasteiger partial charge in [-0.05, 0) is 31.0 Å². The molecule has 8 heteroatoms. The minimum absolute atomic E-state index is 0.0329. The number of hydrogen-bond donors (Lipinski definition) is 0. The maximum Gasteiger partial charge on any atom is 0.416 e. The highest BCUT2D eigenvalue weighted by molar-refractivity contribution is 6.33. The third-order valence-electron chi connectivity index (χ3n) is 4.25. The van der Waals surface area contributed by atoms with Crippen molar-refractivity contribution in [3.05, 3.63) is 28.8 Å². The first-order valence-electron chi connectivity index (χ1n) is 7.51. The number of anilines is 1. The van der Waals surface area contributed by atoms with Crippen LogP contribution in [0, 0.1) is 5.92 Å². The fourth-order valence-corrected chi connectivity index (χ4v) is 3.02. The van der Waals surface area contributed by atoms with E-state index >= 15 is 0 Å². The number of likely N-dealkylation sites (tertiary alicyclic amines) is 1. The average Bonchev–Trinajstić information content (AvgIpc) is 2.53. The summed E-state index contributed by atoms with van der Waals surface area (Å²) >= 11 is 5.97. The van der Waals surface area contributed by atoms with Crippen LogP contribution >= 0.6 is 11.6 Å². The van der Waals surface area contributed by atoms with Crippen molar-refractivity contribution in [3.63, 3.8) is 0 Å². The molecule has 1 aliphatic heterocycles. The standard InChI is InChI=1S/C16H18ClF3N2O2/c1-10(23)22-7-5-11(6-8-22)15(24)21(2)14-9-12(16(18,19)20)3-4-13(14)17/h3-4,9,11H,5-8H2,1-2H3. The van der Waals surface area contributed by atoms with E-state index < -0.39 is 11.7 Å². The third-order valence-corrected chi connectivity index (χ3v) is 4.57. The van der Waals surface area contributed by atoms with Crippen LogP contribution < -0.4 is 4.90 Å². The molecule has 0 aliphatic carbocycles. The van der Waals surface area contributed by atoms with Crippen molar-refractivity contribution >= 4 is 29.1 Å². The number of carbonyl (C=O) groups excluding carboxylic acids is 2. The summed E-state index contributed by atoms with van der Waals surface area (Å²) < 4.78 is 38.6. The molecule has 2 amide bonds. The number of rotatable bonds is 2. The Morgan fingerprint density at radius 3 is 2.33 bits per heavy atom. The first kappa shape index (κ1) is 18.6. The van der Waals surface area contributed by atoms with E-state index in [2.05, 4.69) is 0 Å². The Balaban J connectivity index is 2.15. The number of nitrogens with zero attached hydrogens (tertiary/aromatic N) is 2. The molecule has 24 heavy (non-hydrogen) atoms. The SMILES string of the molecule is CC(=O)N1CCC(C(=O)N(C)c2cc(C(F)(F)F)ccc2Cl)CC1. The van der Waals surface area contributed by atoms with E-state index in [-0.39, 0.29) is 28.4 Å². The zero-order valence-electron chi connectivity index (χ0n) is 13.4. The first-order chi connectivity index (χ1) is 11.1. The Labute approximate surface area is 143 Å². The van der Waals surface area contributed by atoms with E-state index in [1.54, 1.807) is 4.90 Å². The van der Waals surface area contributed by atoms with Crippen LogP contribution in [0.4, 0.5) is 18.9 Å². The van der Waals surface area contributed by atoms with Crippen LogP contribution in [0.15, 0.2) is 18.2 Å². The highest BCUT2D eigenvalue weighted by atomic mass is 35.5. The molecule has 0 bridgehead atoms. The van der Waals surface area contributed by atoms with Crippen molar-refractivity contribution in [2.45, 2.75) is 25.9 Å². The minimum Gasteiger partial charge on any atom is -0.343 e. The quantitative estimate of drug-likeness (QED) is 0.806. The maximum atomic E-state index is 12.9. The van der Waals surface area contributed by atoms with Crippen LogP contribution in [0.5, 0.6) is 0 Å². The van der Waals surface area contributed by atoms with Gasteiger partial charge in [0, 0.05) is 33.0 Å². The van der Waals surface area contributed by atoms with Gasteiger partial charge in [-0.1, -0.05) is 11.6 Å². The fourth-order valence-electron chi connectivity index (χ4n) is 2.78. The van der Waals surface area contributed by atoms with Gasteiger partial charge in [0.05, 0.1) is 16.3 Å². The Kier molecular flexibility index (Phi) is 5.42. The molecule has 1 aromatic rings. The first-order valence-corrected chi connectivity index (χ1v) is 7.89.